The average Bonchev–Trinajstić information content (AvgIpc) is 2.86. The minimum Gasteiger partial charge on any atom is -0.425 e. The monoisotopic (exact) mass is 369 g/mol. The Kier molecular flexibility index (Phi) is 4.57. The minimum atomic E-state index is -0.206. The summed E-state index contributed by atoms with van der Waals surface area (Å²) in [6.07, 6.45) is 13.8. The van der Waals surface area contributed by atoms with Crippen LogP contribution < -0.4 is 0 Å². The molecule has 2 aliphatic carbocycles. The fraction of sp³-hybridized carbons (Fsp3) is 0.650. The zero-order chi connectivity index (χ0) is 18.2. The van der Waals surface area contributed by atoms with E-state index in [0.717, 1.165) is 37.9 Å². The van der Waals surface area contributed by atoms with Crippen LogP contribution in [0.3, 0.4) is 0 Å². The summed E-state index contributed by atoms with van der Waals surface area (Å²) in [7, 11) is 1.65. The highest BCUT2D eigenvalue weighted by atomic mass is 16.5. The molecule has 1 saturated carbocycles. The first-order valence-electron chi connectivity index (χ1n) is 10.1. The molecule has 2 fully saturated rings. The van der Waals surface area contributed by atoms with Crippen LogP contribution in [-0.4, -0.2) is 79.0 Å². The summed E-state index contributed by atoms with van der Waals surface area (Å²) in [5, 5.41) is 0. The molecule has 5 aliphatic rings. The Morgan fingerprint density at radius 3 is 2.89 bits per heavy atom. The van der Waals surface area contributed by atoms with E-state index in [0.29, 0.717) is 12.4 Å². The van der Waals surface area contributed by atoms with Gasteiger partial charge in [-0.15, -0.1) is 0 Å². The van der Waals surface area contributed by atoms with Crippen molar-refractivity contribution in [2.24, 2.45) is 15.0 Å². The van der Waals surface area contributed by atoms with Crippen molar-refractivity contribution in [2.75, 3.05) is 26.7 Å². The minimum absolute atomic E-state index is 0.200. The molecule has 144 valence electrons. The zero-order valence-corrected chi connectivity index (χ0v) is 15.8. The first-order chi connectivity index (χ1) is 13.3. The van der Waals surface area contributed by atoms with E-state index in [2.05, 4.69) is 31.9 Å². The first-order valence-corrected chi connectivity index (χ1v) is 10.1. The van der Waals surface area contributed by atoms with Gasteiger partial charge in [-0.2, -0.15) is 0 Å². The number of nitrogens with zero attached hydrogens (tertiary/aromatic N) is 5. The molecular weight excluding hydrogens is 342 g/mol. The van der Waals surface area contributed by atoms with Crippen molar-refractivity contribution in [1.82, 2.24) is 9.80 Å². The molecule has 3 aliphatic heterocycles. The Morgan fingerprint density at radius 1 is 1.15 bits per heavy atom. The van der Waals surface area contributed by atoms with Crippen LogP contribution in [0.2, 0.25) is 0 Å². The second-order valence-electron chi connectivity index (χ2n) is 7.77. The summed E-state index contributed by atoms with van der Waals surface area (Å²) in [4.78, 5) is 18.7. The number of allylic oxidation sites excluding steroid dienone is 1. The number of hydrogen-bond donors (Lipinski definition) is 0. The molecule has 7 nitrogen and oxygen atoms in total. The summed E-state index contributed by atoms with van der Waals surface area (Å²) in [6, 6.07) is 1.62. The Balaban J connectivity index is 1.28. The molecule has 0 amide bonds. The van der Waals surface area contributed by atoms with Crippen molar-refractivity contribution >= 4 is 18.1 Å². The molecule has 3 unspecified atom stereocenters. The van der Waals surface area contributed by atoms with Gasteiger partial charge in [-0.3, -0.25) is 9.89 Å². The molecule has 27 heavy (non-hydrogen) atoms. The van der Waals surface area contributed by atoms with Gasteiger partial charge >= 0.3 is 6.02 Å². The third kappa shape index (κ3) is 3.34. The number of hydrogen-bond acceptors (Lipinski definition) is 7. The van der Waals surface area contributed by atoms with E-state index in [4.69, 9.17) is 14.5 Å². The van der Waals surface area contributed by atoms with E-state index in [9.17, 15) is 0 Å². The zero-order valence-electron chi connectivity index (χ0n) is 15.8. The summed E-state index contributed by atoms with van der Waals surface area (Å²) < 4.78 is 11.2. The van der Waals surface area contributed by atoms with Crippen LogP contribution in [0.5, 0.6) is 0 Å². The van der Waals surface area contributed by atoms with Gasteiger partial charge in [0.1, 0.15) is 11.6 Å². The Morgan fingerprint density at radius 2 is 2.07 bits per heavy atom. The van der Waals surface area contributed by atoms with Crippen molar-refractivity contribution < 1.29 is 9.47 Å². The number of amidine groups is 2. The van der Waals surface area contributed by atoms with Crippen LogP contribution in [-0.2, 0) is 9.47 Å². The molecular formula is C20H27N5O2. The van der Waals surface area contributed by atoms with E-state index in [1.165, 1.54) is 25.1 Å². The van der Waals surface area contributed by atoms with Gasteiger partial charge in [0.05, 0.1) is 12.1 Å². The van der Waals surface area contributed by atoms with E-state index < -0.39 is 0 Å². The van der Waals surface area contributed by atoms with E-state index in [-0.39, 0.29) is 18.3 Å². The maximum Gasteiger partial charge on any atom is 0.319 e. The Bertz CT molecular complexity index is 737. The van der Waals surface area contributed by atoms with Crippen LogP contribution >= 0.6 is 0 Å². The lowest BCUT2D eigenvalue weighted by molar-refractivity contribution is 0.113. The first kappa shape index (κ1) is 17.1. The molecule has 0 aromatic heterocycles. The molecule has 0 aromatic rings. The van der Waals surface area contributed by atoms with Crippen molar-refractivity contribution in [3.8, 4) is 0 Å². The maximum absolute atomic E-state index is 5.93. The summed E-state index contributed by atoms with van der Waals surface area (Å²) in [5.41, 5.74) is 0. The Hall–Kier alpha value is -1.99. The third-order valence-electron chi connectivity index (χ3n) is 6.22. The lowest BCUT2D eigenvalue weighted by atomic mass is 9.91. The van der Waals surface area contributed by atoms with Gasteiger partial charge in [0.2, 0.25) is 0 Å². The van der Waals surface area contributed by atoms with Crippen molar-refractivity contribution in [3.63, 3.8) is 0 Å². The molecule has 0 N–H and O–H groups in total. The molecule has 5 rings (SSSR count). The van der Waals surface area contributed by atoms with Gasteiger partial charge in [0.25, 0.3) is 0 Å². The summed E-state index contributed by atoms with van der Waals surface area (Å²) in [5.74, 6) is 2.04. The number of aliphatic imine (C=N–C) groups is 3. The topological polar surface area (TPSA) is 62.0 Å². The largest absolute Gasteiger partial charge is 0.425 e. The fourth-order valence-electron chi connectivity index (χ4n) is 4.44. The molecule has 0 spiro atoms. The smallest absolute Gasteiger partial charge is 0.319 e. The Labute approximate surface area is 160 Å². The predicted molar refractivity (Wildman–Crippen MR) is 105 cm³/mol. The van der Waals surface area contributed by atoms with Crippen molar-refractivity contribution in [3.05, 3.63) is 24.0 Å². The lowest BCUT2D eigenvalue weighted by Crippen LogP contribution is -2.44. The van der Waals surface area contributed by atoms with Crippen LogP contribution in [0.4, 0.5) is 0 Å². The second-order valence-corrected chi connectivity index (χ2v) is 7.77. The van der Waals surface area contributed by atoms with Crippen LogP contribution in [0.15, 0.2) is 39.0 Å². The highest BCUT2D eigenvalue weighted by Gasteiger charge is 2.38. The van der Waals surface area contributed by atoms with Crippen molar-refractivity contribution in [1.29, 1.82) is 0 Å². The number of rotatable bonds is 3. The number of methoxy groups -OCH3 is 1. The third-order valence-corrected chi connectivity index (χ3v) is 6.22. The highest BCUT2D eigenvalue weighted by molar-refractivity contribution is 5.87. The van der Waals surface area contributed by atoms with Gasteiger partial charge in [0.15, 0.2) is 6.23 Å². The second kappa shape index (κ2) is 7.20. The quantitative estimate of drug-likeness (QED) is 0.763. The van der Waals surface area contributed by atoms with Gasteiger partial charge in [0, 0.05) is 51.8 Å². The molecule has 7 heteroatoms. The number of fused-ring (bicyclic) bond motifs is 3. The standard InChI is InChI=1S/C20H27N5O2/c1-26-19-7-9-21-20(23-19)27-15-5-6-16-17(13-15)25-12-11-24(14-3-2-4-14)10-8-18(25)22-16/h5-6,9,13-14,16-17,19H,2-4,7-8,10-12H2,1H3. The molecule has 0 bridgehead atoms. The average molecular weight is 369 g/mol. The SMILES string of the molecule is COC1CC=NC(OC2=CC3C(C=C2)N=C2CCN(C4CCC4)CCN23)=N1. The van der Waals surface area contributed by atoms with E-state index in [1.54, 1.807) is 13.3 Å². The van der Waals surface area contributed by atoms with Crippen molar-refractivity contribution in [2.45, 2.75) is 56.5 Å². The van der Waals surface area contributed by atoms with Crippen LogP contribution in [0.25, 0.3) is 0 Å². The number of ether oxygens (including phenoxy) is 2. The van der Waals surface area contributed by atoms with Crippen LogP contribution in [0, 0.1) is 0 Å². The lowest BCUT2D eigenvalue weighted by Gasteiger charge is -2.37. The molecule has 1 saturated heterocycles. The van der Waals surface area contributed by atoms with Gasteiger partial charge in [-0.25, -0.2) is 9.98 Å². The summed E-state index contributed by atoms with van der Waals surface area (Å²) in [6.45, 7) is 3.31. The highest BCUT2D eigenvalue weighted by Crippen LogP contribution is 2.31. The molecule has 3 heterocycles. The normalized spacial score (nSPS) is 33.4. The predicted octanol–water partition coefficient (Wildman–Crippen LogP) is 1.97. The maximum atomic E-state index is 5.93. The van der Waals surface area contributed by atoms with Gasteiger partial charge < -0.3 is 14.4 Å². The molecule has 3 atom stereocenters. The van der Waals surface area contributed by atoms with Gasteiger partial charge in [-0.05, 0) is 25.0 Å². The molecule has 0 aromatic carbocycles. The summed E-state index contributed by atoms with van der Waals surface area (Å²) >= 11 is 0. The van der Waals surface area contributed by atoms with E-state index in [1.807, 2.05) is 6.08 Å². The molecule has 0 radical (unpaired) electrons. The fourth-order valence-corrected chi connectivity index (χ4v) is 4.44. The van der Waals surface area contributed by atoms with Crippen LogP contribution in [0.1, 0.15) is 32.1 Å². The van der Waals surface area contributed by atoms with E-state index >= 15 is 0 Å². The van der Waals surface area contributed by atoms with Gasteiger partial charge in [-0.1, -0.05) is 12.5 Å².